The molecule has 0 aliphatic carbocycles. The summed E-state index contributed by atoms with van der Waals surface area (Å²) >= 11 is 2.99. The molecule has 2 atom stereocenters. The molecule has 1 fully saturated rings. The second kappa shape index (κ2) is 5.83. The summed E-state index contributed by atoms with van der Waals surface area (Å²) < 4.78 is 4.69. The minimum Gasteiger partial charge on any atom is -0.438 e. The molecule has 7 heteroatoms. The Morgan fingerprint density at radius 1 is 1.62 bits per heavy atom. The average Bonchev–Trinajstić information content (AvgIpc) is 2.61. The number of nitrogens with one attached hydrogen (secondary N) is 1. The summed E-state index contributed by atoms with van der Waals surface area (Å²) in [6.45, 7) is 0.593. The Bertz CT molecular complexity index is 308. The Hall–Kier alpha value is -1.11. The van der Waals surface area contributed by atoms with Gasteiger partial charge in [0.2, 0.25) is 5.91 Å². The van der Waals surface area contributed by atoms with Crippen molar-refractivity contribution < 1.29 is 19.1 Å². The minimum absolute atomic E-state index is 0.0687. The van der Waals surface area contributed by atoms with Crippen molar-refractivity contribution in [2.24, 2.45) is 11.7 Å². The molecule has 1 heterocycles. The zero-order valence-corrected chi connectivity index (χ0v) is 10.2. The number of carbonyl (C=O) groups excluding carboxylic acids is 3. The number of amides is 2. The molecular weight excluding hydrogens is 280 g/mol. The van der Waals surface area contributed by atoms with Crippen molar-refractivity contribution in [1.82, 2.24) is 5.32 Å². The summed E-state index contributed by atoms with van der Waals surface area (Å²) in [6, 6.07) is 0. The molecule has 0 aromatic heterocycles. The monoisotopic (exact) mass is 292 g/mol. The number of alkyl halides is 1. The van der Waals surface area contributed by atoms with Crippen molar-refractivity contribution in [2.45, 2.75) is 18.9 Å². The standard InChI is InChI=1S/C9H13BrN2O4/c10-4-6(13)7(16-9(11)15)3-5-1-2-12-8(5)14/h5,7H,1-4H2,(H2,11,15)(H,12,14). The lowest BCUT2D eigenvalue weighted by Gasteiger charge is -2.16. The van der Waals surface area contributed by atoms with Gasteiger partial charge in [-0.15, -0.1) is 0 Å². The quantitative estimate of drug-likeness (QED) is 0.694. The van der Waals surface area contributed by atoms with Crippen LogP contribution in [0.5, 0.6) is 0 Å². The van der Waals surface area contributed by atoms with E-state index in [-0.39, 0.29) is 29.4 Å². The van der Waals surface area contributed by atoms with E-state index in [2.05, 4.69) is 21.2 Å². The third-order valence-corrected chi connectivity index (χ3v) is 2.96. The predicted octanol–water partition coefficient (Wildman–Crippen LogP) is -0.0595. The first-order chi connectivity index (χ1) is 7.54. The van der Waals surface area contributed by atoms with E-state index in [1.54, 1.807) is 0 Å². The summed E-state index contributed by atoms with van der Waals surface area (Å²) in [5.74, 6) is -0.689. The van der Waals surface area contributed by atoms with Crippen LogP contribution in [0.15, 0.2) is 0 Å². The third kappa shape index (κ3) is 3.48. The van der Waals surface area contributed by atoms with Gasteiger partial charge >= 0.3 is 6.09 Å². The van der Waals surface area contributed by atoms with Crippen LogP contribution in [0.2, 0.25) is 0 Å². The maximum atomic E-state index is 11.4. The molecule has 16 heavy (non-hydrogen) atoms. The highest BCUT2D eigenvalue weighted by Gasteiger charge is 2.31. The van der Waals surface area contributed by atoms with Crippen molar-refractivity contribution in [1.29, 1.82) is 0 Å². The molecule has 1 saturated heterocycles. The van der Waals surface area contributed by atoms with Gasteiger partial charge in [-0.2, -0.15) is 0 Å². The normalized spacial score (nSPS) is 21.3. The second-order valence-corrected chi connectivity index (χ2v) is 4.10. The van der Waals surface area contributed by atoms with Gasteiger partial charge in [0.05, 0.1) is 5.33 Å². The fourth-order valence-corrected chi connectivity index (χ4v) is 1.96. The maximum absolute atomic E-state index is 11.4. The minimum atomic E-state index is -1.00. The summed E-state index contributed by atoms with van der Waals surface area (Å²) in [6.07, 6.45) is -1.10. The number of hydrogen-bond donors (Lipinski definition) is 2. The highest BCUT2D eigenvalue weighted by molar-refractivity contribution is 9.09. The number of primary amides is 1. The molecule has 0 aromatic carbocycles. The van der Waals surface area contributed by atoms with E-state index in [4.69, 9.17) is 10.5 Å². The van der Waals surface area contributed by atoms with Crippen LogP contribution in [0.3, 0.4) is 0 Å². The maximum Gasteiger partial charge on any atom is 0.405 e. The molecule has 1 aliphatic heterocycles. The van der Waals surface area contributed by atoms with E-state index >= 15 is 0 Å². The number of Topliss-reactive ketones (excluding diaryl/α,β-unsaturated/α-hetero) is 1. The topological polar surface area (TPSA) is 98.5 Å². The number of ketones is 1. The van der Waals surface area contributed by atoms with Crippen LogP contribution in [0, 0.1) is 5.92 Å². The molecule has 90 valence electrons. The summed E-state index contributed by atoms with van der Waals surface area (Å²) in [5, 5.41) is 2.72. The molecular formula is C9H13BrN2O4. The first kappa shape index (κ1) is 13.0. The van der Waals surface area contributed by atoms with E-state index in [0.717, 1.165) is 0 Å². The lowest BCUT2D eigenvalue weighted by Crippen LogP contribution is -2.34. The van der Waals surface area contributed by atoms with E-state index in [9.17, 15) is 14.4 Å². The molecule has 1 rings (SSSR count). The van der Waals surface area contributed by atoms with E-state index in [1.807, 2.05) is 0 Å². The Labute approximate surface area is 101 Å². The fourth-order valence-electron chi connectivity index (χ4n) is 1.60. The molecule has 0 radical (unpaired) electrons. The number of rotatable bonds is 5. The molecule has 3 N–H and O–H groups in total. The van der Waals surface area contributed by atoms with Gasteiger partial charge in [-0.05, 0) is 6.42 Å². The zero-order valence-electron chi connectivity index (χ0n) is 8.57. The van der Waals surface area contributed by atoms with Crippen LogP contribution in [0.1, 0.15) is 12.8 Å². The number of hydrogen-bond acceptors (Lipinski definition) is 4. The summed E-state index contributed by atoms with van der Waals surface area (Å²) in [4.78, 5) is 33.3. The van der Waals surface area contributed by atoms with Crippen LogP contribution in [0.4, 0.5) is 4.79 Å². The molecule has 2 amide bonds. The van der Waals surface area contributed by atoms with Crippen molar-refractivity contribution in [3.8, 4) is 0 Å². The number of halogens is 1. The van der Waals surface area contributed by atoms with E-state index in [0.29, 0.717) is 13.0 Å². The van der Waals surface area contributed by atoms with Crippen LogP contribution in [-0.4, -0.2) is 35.8 Å². The van der Waals surface area contributed by atoms with Gasteiger partial charge in [-0.3, -0.25) is 9.59 Å². The molecule has 0 spiro atoms. The van der Waals surface area contributed by atoms with Crippen LogP contribution < -0.4 is 11.1 Å². The SMILES string of the molecule is NC(=O)OC(CC1CCNC1=O)C(=O)CBr. The van der Waals surface area contributed by atoms with Gasteiger partial charge in [-0.25, -0.2) is 4.79 Å². The highest BCUT2D eigenvalue weighted by Crippen LogP contribution is 2.18. The Balaban J connectivity index is 2.58. The summed E-state index contributed by atoms with van der Waals surface area (Å²) in [7, 11) is 0. The van der Waals surface area contributed by atoms with Gasteiger partial charge in [0, 0.05) is 18.9 Å². The molecule has 0 bridgehead atoms. The van der Waals surface area contributed by atoms with Gasteiger partial charge in [0.25, 0.3) is 0 Å². The number of carbonyl (C=O) groups is 3. The van der Waals surface area contributed by atoms with Crippen LogP contribution in [-0.2, 0) is 14.3 Å². The van der Waals surface area contributed by atoms with Crippen molar-refractivity contribution >= 4 is 33.7 Å². The molecule has 0 aromatic rings. The van der Waals surface area contributed by atoms with Gasteiger partial charge in [-0.1, -0.05) is 15.9 Å². The van der Waals surface area contributed by atoms with Gasteiger partial charge in [0.1, 0.15) is 0 Å². The van der Waals surface area contributed by atoms with Crippen molar-refractivity contribution in [3.05, 3.63) is 0 Å². The first-order valence-electron chi connectivity index (χ1n) is 4.87. The van der Waals surface area contributed by atoms with Crippen molar-refractivity contribution in [2.75, 3.05) is 11.9 Å². The molecule has 6 nitrogen and oxygen atoms in total. The first-order valence-corrected chi connectivity index (χ1v) is 5.99. The fraction of sp³-hybridized carbons (Fsp3) is 0.667. The zero-order chi connectivity index (χ0) is 12.1. The number of ether oxygens (including phenoxy) is 1. The Morgan fingerprint density at radius 3 is 2.75 bits per heavy atom. The third-order valence-electron chi connectivity index (χ3n) is 2.41. The van der Waals surface area contributed by atoms with Crippen LogP contribution in [0.25, 0.3) is 0 Å². The highest BCUT2D eigenvalue weighted by atomic mass is 79.9. The van der Waals surface area contributed by atoms with E-state index < -0.39 is 12.2 Å². The molecule has 1 aliphatic rings. The largest absolute Gasteiger partial charge is 0.438 e. The second-order valence-electron chi connectivity index (χ2n) is 3.54. The smallest absolute Gasteiger partial charge is 0.405 e. The lowest BCUT2D eigenvalue weighted by atomic mass is 9.98. The Morgan fingerprint density at radius 2 is 2.31 bits per heavy atom. The lowest BCUT2D eigenvalue weighted by molar-refractivity contribution is -0.127. The summed E-state index contributed by atoms with van der Waals surface area (Å²) in [5.41, 5.74) is 4.87. The number of nitrogens with two attached hydrogens (primary N) is 1. The average molecular weight is 293 g/mol. The Kier molecular flexibility index (Phi) is 4.72. The van der Waals surface area contributed by atoms with Gasteiger partial charge in [0.15, 0.2) is 11.9 Å². The van der Waals surface area contributed by atoms with Crippen LogP contribution >= 0.6 is 15.9 Å². The van der Waals surface area contributed by atoms with Gasteiger partial charge < -0.3 is 15.8 Å². The molecule has 2 unspecified atom stereocenters. The predicted molar refractivity (Wildman–Crippen MR) is 59.0 cm³/mol. The molecule has 0 saturated carbocycles. The van der Waals surface area contributed by atoms with E-state index in [1.165, 1.54) is 0 Å². The van der Waals surface area contributed by atoms with Crippen molar-refractivity contribution in [3.63, 3.8) is 0 Å².